The summed E-state index contributed by atoms with van der Waals surface area (Å²) in [5.74, 6) is -0.754. The van der Waals surface area contributed by atoms with Crippen molar-refractivity contribution < 1.29 is 23.8 Å². The van der Waals surface area contributed by atoms with E-state index in [4.69, 9.17) is 14.3 Å². The second-order valence-electron chi connectivity index (χ2n) is 6.45. The average molecular weight is 336 g/mol. The molecule has 2 aliphatic rings. The molecule has 1 aromatic rings. The van der Waals surface area contributed by atoms with Crippen LogP contribution in [0.4, 0.5) is 0 Å². The molecule has 1 aliphatic heterocycles. The molecule has 1 amide bonds. The smallest absolute Gasteiger partial charge is 0.371 e. The van der Waals surface area contributed by atoms with Crippen molar-refractivity contribution in [1.29, 1.82) is 0 Å². The molecule has 0 atom stereocenters. The average Bonchev–Trinajstić information content (AvgIpc) is 3.10. The number of aromatic carboxylic acids is 1. The quantitative estimate of drug-likeness (QED) is 0.849. The normalized spacial score (nSPS) is 21.3. The van der Waals surface area contributed by atoms with Crippen LogP contribution in [0.15, 0.2) is 16.5 Å². The van der Waals surface area contributed by atoms with Crippen molar-refractivity contribution in [1.82, 2.24) is 10.2 Å². The Kier molecular flexibility index (Phi) is 5.20. The minimum absolute atomic E-state index is 0.0115. The van der Waals surface area contributed by atoms with E-state index in [1.807, 2.05) is 0 Å². The third kappa shape index (κ3) is 3.47. The number of nitrogens with zero attached hydrogens (tertiary/aromatic N) is 1. The topological polar surface area (TPSA) is 92.0 Å². The number of carboxylic acids is 1. The molecule has 1 saturated heterocycles. The summed E-state index contributed by atoms with van der Waals surface area (Å²) in [5.41, 5.74) is -0.468. The van der Waals surface area contributed by atoms with Gasteiger partial charge in [-0.15, -0.1) is 0 Å². The molecule has 0 spiro atoms. The largest absolute Gasteiger partial charge is 0.475 e. The van der Waals surface area contributed by atoms with E-state index >= 15 is 0 Å². The van der Waals surface area contributed by atoms with Gasteiger partial charge in [0, 0.05) is 13.1 Å². The predicted molar refractivity (Wildman–Crippen MR) is 85.7 cm³/mol. The molecular weight excluding hydrogens is 312 g/mol. The molecule has 2 N–H and O–H groups in total. The van der Waals surface area contributed by atoms with Crippen LogP contribution in [0.5, 0.6) is 0 Å². The second-order valence-corrected chi connectivity index (χ2v) is 6.45. The van der Waals surface area contributed by atoms with Gasteiger partial charge in [-0.25, -0.2) is 4.79 Å². The number of amides is 1. The minimum Gasteiger partial charge on any atom is -0.475 e. The van der Waals surface area contributed by atoms with E-state index in [-0.39, 0.29) is 18.2 Å². The van der Waals surface area contributed by atoms with Crippen molar-refractivity contribution in [3.05, 3.63) is 23.7 Å². The van der Waals surface area contributed by atoms with E-state index in [2.05, 4.69) is 10.2 Å². The molecule has 132 valence electrons. The van der Waals surface area contributed by atoms with E-state index < -0.39 is 11.5 Å². The number of hydrogen-bond acceptors (Lipinski definition) is 5. The Hall–Kier alpha value is -1.86. The Balaban J connectivity index is 1.67. The minimum atomic E-state index is -1.11. The molecule has 2 fully saturated rings. The highest BCUT2D eigenvalue weighted by Gasteiger charge is 2.44. The lowest BCUT2D eigenvalue weighted by Gasteiger charge is -2.46. The first-order valence-corrected chi connectivity index (χ1v) is 8.55. The summed E-state index contributed by atoms with van der Waals surface area (Å²) < 4.78 is 10.6. The Bertz CT molecular complexity index is 586. The first kappa shape index (κ1) is 17.0. The van der Waals surface area contributed by atoms with Crippen LogP contribution in [0.2, 0.25) is 0 Å². The number of rotatable bonds is 5. The first-order valence-electron chi connectivity index (χ1n) is 8.55. The summed E-state index contributed by atoms with van der Waals surface area (Å²) >= 11 is 0. The molecular formula is C17H24N2O5. The molecule has 0 unspecified atom stereocenters. The molecule has 7 nitrogen and oxygen atoms in total. The highest BCUT2D eigenvalue weighted by molar-refractivity contribution is 5.86. The van der Waals surface area contributed by atoms with Gasteiger partial charge in [0.15, 0.2) is 0 Å². The number of carbonyl (C=O) groups is 2. The maximum absolute atomic E-state index is 13.0. The van der Waals surface area contributed by atoms with E-state index in [1.54, 1.807) is 6.07 Å². The molecule has 0 bridgehead atoms. The van der Waals surface area contributed by atoms with Gasteiger partial charge in [0.1, 0.15) is 11.3 Å². The van der Waals surface area contributed by atoms with Crippen LogP contribution in [0.3, 0.4) is 0 Å². The van der Waals surface area contributed by atoms with Crippen LogP contribution >= 0.6 is 0 Å². The standard InChI is InChI=1S/C17H24N2O5/c20-15(21)14-5-4-13(24-14)12-18-16(22)17(6-2-1-3-7-17)19-8-10-23-11-9-19/h4-5H,1-3,6-12H2,(H,18,22)(H,20,21). The molecule has 7 heteroatoms. The van der Waals surface area contributed by atoms with Gasteiger partial charge in [-0.2, -0.15) is 0 Å². The number of nitrogens with one attached hydrogen (secondary N) is 1. The Morgan fingerprint density at radius 1 is 1.17 bits per heavy atom. The van der Waals surface area contributed by atoms with Crippen LogP contribution in [-0.4, -0.2) is 53.7 Å². The van der Waals surface area contributed by atoms with Crippen molar-refractivity contribution in [2.45, 2.75) is 44.2 Å². The molecule has 2 heterocycles. The van der Waals surface area contributed by atoms with Gasteiger partial charge in [-0.05, 0) is 25.0 Å². The number of furan rings is 1. The molecule has 24 heavy (non-hydrogen) atoms. The third-order valence-electron chi connectivity index (χ3n) is 5.02. The van der Waals surface area contributed by atoms with Crippen LogP contribution in [0.1, 0.15) is 48.4 Å². The highest BCUT2D eigenvalue weighted by atomic mass is 16.5. The number of morpholine rings is 1. The summed E-state index contributed by atoms with van der Waals surface area (Å²) in [4.78, 5) is 26.1. The summed E-state index contributed by atoms with van der Waals surface area (Å²) in [5, 5.41) is 11.8. The summed E-state index contributed by atoms with van der Waals surface area (Å²) in [6.07, 6.45) is 4.98. The lowest BCUT2D eigenvalue weighted by Crippen LogP contribution is -2.62. The molecule has 3 rings (SSSR count). The SMILES string of the molecule is O=C(O)c1ccc(CNC(=O)C2(N3CCOCC3)CCCCC2)o1. The third-order valence-corrected chi connectivity index (χ3v) is 5.02. The number of ether oxygens (including phenoxy) is 1. The van der Waals surface area contributed by atoms with Gasteiger partial charge < -0.3 is 19.6 Å². The number of hydrogen-bond donors (Lipinski definition) is 2. The monoisotopic (exact) mass is 336 g/mol. The zero-order valence-corrected chi connectivity index (χ0v) is 13.8. The first-order chi connectivity index (χ1) is 11.6. The van der Waals surface area contributed by atoms with Crippen molar-refractivity contribution in [3.63, 3.8) is 0 Å². The van der Waals surface area contributed by atoms with Crippen LogP contribution in [0.25, 0.3) is 0 Å². The zero-order chi connectivity index (χ0) is 17.0. The predicted octanol–water partition coefficient (Wildman–Crippen LogP) is 1.63. The van der Waals surface area contributed by atoms with E-state index in [0.29, 0.717) is 19.0 Å². The number of carboxylic acid groups (broad SMARTS) is 1. The van der Waals surface area contributed by atoms with Gasteiger partial charge in [0.2, 0.25) is 11.7 Å². The summed E-state index contributed by atoms with van der Waals surface area (Å²) in [7, 11) is 0. The molecule has 0 radical (unpaired) electrons. The Morgan fingerprint density at radius 2 is 1.88 bits per heavy atom. The summed E-state index contributed by atoms with van der Waals surface area (Å²) in [6, 6.07) is 2.99. The zero-order valence-electron chi connectivity index (χ0n) is 13.8. The lowest BCUT2D eigenvalue weighted by atomic mass is 9.79. The molecule has 1 aliphatic carbocycles. The second kappa shape index (κ2) is 7.36. The molecule has 1 saturated carbocycles. The van der Waals surface area contributed by atoms with Crippen LogP contribution in [0, 0.1) is 0 Å². The summed E-state index contributed by atoms with van der Waals surface area (Å²) in [6.45, 7) is 3.08. The van der Waals surface area contributed by atoms with Gasteiger partial charge >= 0.3 is 5.97 Å². The van der Waals surface area contributed by atoms with Gasteiger partial charge in [-0.1, -0.05) is 19.3 Å². The van der Waals surface area contributed by atoms with E-state index in [9.17, 15) is 9.59 Å². The van der Waals surface area contributed by atoms with Gasteiger partial charge in [-0.3, -0.25) is 9.69 Å². The Labute approximate surface area is 140 Å². The van der Waals surface area contributed by atoms with Crippen molar-refractivity contribution in [2.24, 2.45) is 0 Å². The highest BCUT2D eigenvalue weighted by Crippen LogP contribution is 2.34. The van der Waals surface area contributed by atoms with Crippen molar-refractivity contribution in [2.75, 3.05) is 26.3 Å². The van der Waals surface area contributed by atoms with Crippen LogP contribution in [-0.2, 0) is 16.1 Å². The van der Waals surface area contributed by atoms with Crippen LogP contribution < -0.4 is 5.32 Å². The number of carbonyl (C=O) groups excluding carboxylic acids is 1. The van der Waals surface area contributed by atoms with E-state index in [1.165, 1.54) is 12.5 Å². The fraction of sp³-hybridized carbons (Fsp3) is 0.647. The molecule has 1 aromatic heterocycles. The maximum Gasteiger partial charge on any atom is 0.371 e. The van der Waals surface area contributed by atoms with Crippen molar-refractivity contribution in [3.8, 4) is 0 Å². The fourth-order valence-corrected chi connectivity index (χ4v) is 3.73. The van der Waals surface area contributed by atoms with E-state index in [0.717, 1.165) is 38.8 Å². The van der Waals surface area contributed by atoms with Gasteiger partial charge in [0.25, 0.3) is 0 Å². The Morgan fingerprint density at radius 3 is 2.50 bits per heavy atom. The fourth-order valence-electron chi connectivity index (χ4n) is 3.73. The van der Waals surface area contributed by atoms with Gasteiger partial charge in [0.05, 0.1) is 19.8 Å². The van der Waals surface area contributed by atoms with Crippen molar-refractivity contribution >= 4 is 11.9 Å². The molecule has 0 aromatic carbocycles. The maximum atomic E-state index is 13.0. The lowest BCUT2D eigenvalue weighted by molar-refractivity contribution is -0.140.